The molecule has 0 aromatic heterocycles. The van der Waals surface area contributed by atoms with Gasteiger partial charge in [0, 0.05) is 0 Å². The van der Waals surface area contributed by atoms with Crippen molar-refractivity contribution in [1.82, 2.24) is 0 Å². The minimum Gasteiger partial charge on any atom is -0.328 e. The van der Waals surface area contributed by atoms with E-state index in [9.17, 15) is 0 Å². The molecular formula is C8H14NO2PS. The maximum atomic E-state index is 9.00. The molecule has 0 heterocycles. The molecule has 0 aromatic carbocycles. The van der Waals surface area contributed by atoms with E-state index in [4.69, 9.17) is 26.1 Å². The summed E-state index contributed by atoms with van der Waals surface area (Å²) in [5.41, 5.74) is 0. The summed E-state index contributed by atoms with van der Waals surface area (Å²) in [4.78, 5) is 0. The van der Waals surface area contributed by atoms with Crippen molar-refractivity contribution in [1.29, 1.82) is 5.26 Å². The minimum absolute atomic E-state index is 0.464. The zero-order valence-electron chi connectivity index (χ0n) is 7.95. The third-order valence-electron chi connectivity index (χ3n) is 2.05. The average molecular weight is 219 g/mol. The van der Waals surface area contributed by atoms with Crippen molar-refractivity contribution in [2.75, 3.05) is 13.2 Å². The van der Waals surface area contributed by atoms with Crippen molar-refractivity contribution in [3.8, 4) is 6.07 Å². The van der Waals surface area contributed by atoms with Crippen LogP contribution >= 0.6 is 6.49 Å². The van der Waals surface area contributed by atoms with Gasteiger partial charge in [0.25, 0.3) is 0 Å². The largest absolute Gasteiger partial charge is 0.328 e. The van der Waals surface area contributed by atoms with Crippen molar-refractivity contribution >= 4 is 18.3 Å². The number of hydrogen-bond donors (Lipinski definition) is 0. The summed E-state index contributed by atoms with van der Waals surface area (Å²) in [5.74, 6) is 0. The first kappa shape index (κ1) is 11.1. The molecule has 0 aromatic rings. The maximum absolute atomic E-state index is 9.00. The summed E-state index contributed by atoms with van der Waals surface area (Å²) in [6.45, 7) is 2.48. The summed E-state index contributed by atoms with van der Waals surface area (Å²) < 4.78 is 10.9. The molecule has 0 amide bonds. The molecule has 0 radical (unpaired) electrons. The lowest BCUT2D eigenvalue weighted by atomic mass is 10.5. The molecule has 1 rings (SSSR count). The van der Waals surface area contributed by atoms with E-state index < -0.39 is 11.6 Å². The molecule has 5 heteroatoms. The second-order valence-electron chi connectivity index (χ2n) is 2.98. The second-order valence-corrected chi connectivity index (χ2v) is 6.79. The van der Waals surface area contributed by atoms with Crippen LogP contribution in [-0.4, -0.2) is 18.4 Å². The van der Waals surface area contributed by atoms with E-state index in [1.165, 1.54) is 0 Å². The van der Waals surface area contributed by atoms with E-state index in [-0.39, 0.29) is 0 Å². The maximum Gasteiger partial charge on any atom is 0.209 e. The van der Waals surface area contributed by atoms with Crippen LogP contribution in [0.4, 0.5) is 0 Å². The first-order valence-electron chi connectivity index (χ1n) is 4.44. The molecule has 0 atom stereocenters. The predicted octanol–water partition coefficient (Wildman–Crippen LogP) is 2.43. The highest BCUT2D eigenvalue weighted by Crippen LogP contribution is 2.71. The molecule has 1 saturated carbocycles. The molecule has 1 aliphatic rings. The van der Waals surface area contributed by atoms with Crippen molar-refractivity contribution in [3.05, 3.63) is 0 Å². The predicted molar refractivity (Wildman–Crippen MR) is 55.1 cm³/mol. The van der Waals surface area contributed by atoms with Crippen LogP contribution in [0.2, 0.25) is 0 Å². The number of nitriles is 1. The van der Waals surface area contributed by atoms with E-state index in [1.807, 2.05) is 13.8 Å². The Morgan fingerprint density at radius 2 is 1.85 bits per heavy atom. The van der Waals surface area contributed by atoms with Crippen molar-refractivity contribution in [3.63, 3.8) is 0 Å². The Bertz CT molecular complexity index is 260. The van der Waals surface area contributed by atoms with Crippen LogP contribution in [0.5, 0.6) is 0 Å². The van der Waals surface area contributed by atoms with Crippen LogP contribution in [0.3, 0.4) is 0 Å². The highest BCUT2D eigenvalue weighted by Gasteiger charge is 2.57. The zero-order chi connectivity index (χ0) is 9.95. The first-order chi connectivity index (χ1) is 6.14. The quantitative estimate of drug-likeness (QED) is 0.666. The van der Waals surface area contributed by atoms with Gasteiger partial charge in [0.1, 0.15) is 5.16 Å². The normalized spacial score (nSPS) is 19.5. The smallest absolute Gasteiger partial charge is 0.209 e. The van der Waals surface area contributed by atoms with Gasteiger partial charge < -0.3 is 9.05 Å². The highest BCUT2D eigenvalue weighted by molar-refractivity contribution is 8.10. The highest BCUT2D eigenvalue weighted by atomic mass is 32.5. The van der Waals surface area contributed by atoms with Gasteiger partial charge in [-0.2, -0.15) is 5.26 Å². The topological polar surface area (TPSA) is 42.2 Å². The molecule has 0 bridgehead atoms. The lowest BCUT2D eigenvalue weighted by molar-refractivity contribution is 0.261. The molecule has 74 valence electrons. The molecule has 0 saturated heterocycles. The van der Waals surface area contributed by atoms with E-state index in [0.29, 0.717) is 13.2 Å². The Hall–Kier alpha value is 0.0600. The number of rotatable bonds is 5. The van der Waals surface area contributed by atoms with Crippen LogP contribution < -0.4 is 0 Å². The van der Waals surface area contributed by atoms with Gasteiger partial charge in [-0.05, 0) is 38.5 Å². The fourth-order valence-electron chi connectivity index (χ4n) is 1.19. The Morgan fingerprint density at radius 1 is 1.38 bits per heavy atom. The van der Waals surface area contributed by atoms with Gasteiger partial charge in [0.05, 0.1) is 19.3 Å². The van der Waals surface area contributed by atoms with Crippen LogP contribution in [-0.2, 0) is 20.9 Å². The Kier molecular flexibility index (Phi) is 3.48. The first-order valence-corrected chi connectivity index (χ1v) is 7.08. The number of hydrogen-bond acceptors (Lipinski definition) is 4. The third-order valence-corrected chi connectivity index (χ3v) is 6.53. The standard InChI is InChI=1S/C8H14NO2PS/c1-3-10-12(13,11-4-2)8(7-9)5-6-8/h3-6H2,1-2H3. The molecule has 13 heavy (non-hydrogen) atoms. The summed E-state index contributed by atoms with van der Waals surface area (Å²) in [6, 6.07) is 2.26. The lowest BCUT2D eigenvalue weighted by Crippen LogP contribution is -2.11. The van der Waals surface area contributed by atoms with Gasteiger partial charge in [-0.15, -0.1) is 0 Å². The van der Waals surface area contributed by atoms with Gasteiger partial charge in [0.15, 0.2) is 0 Å². The average Bonchev–Trinajstić information content (AvgIpc) is 2.85. The van der Waals surface area contributed by atoms with E-state index in [0.717, 1.165) is 12.8 Å². The van der Waals surface area contributed by atoms with Crippen molar-refractivity contribution in [2.24, 2.45) is 0 Å². The Balaban J connectivity index is 2.79. The molecule has 1 fully saturated rings. The zero-order valence-corrected chi connectivity index (χ0v) is 9.66. The summed E-state index contributed by atoms with van der Waals surface area (Å²) >= 11 is 5.34. The lowest BCUT2D eigenvalue weighted by Gasteiger charge is -2.24. The van der Waals surface area contributed by atoms with E-state index in [2.05, 4.69) is 6.07 Å². The number of nitrogens with zero attached hydrogens (tertiary/aromatic N) is 1. The van der Waals surface area contributed by atoms with Crippen molar-refractivity contribution < 1.29 is 9.05 Å². The third kappa shape index (κ3) is 1.94. The van der Waals surface area contributed by atoms with Crippen LogP contribution in [0.25, 0.3) is 0 Å². The van der Waals surface area contributed by atoms with Crippen molar-refractivity contribution in [2.45, 2.75) is 31.8 Å². The van der Waals surface area contributed by atoms with Gasteiger partial charge in [0.2, 0.25) is 6.49 Å². The minimum atomic E-state index is -2.34. The molecule has 0 unspecified atom stereocenters. The molecule has 0 N–H and O–H groups in total. The van der Waals surface area contributed by atoms with E-state index in [1.54, 1.807) is 0 Å². The van der Waals surface area contributed by atoms with Gasteiger partial charge in [-0.3, -0.25) is 0 Å². The van der Waals surface area contributed by atoms with Crippen LogP contribution in [0.15, 0.2) is 0 Å². The molecule has 0 aliphatic heterocycles. The Labute approximate surface area is 84.2 Å². The summed E-state index contributed by atoms with van der Waals surface area (Å²) in [6.07, 6.45) is 1.67. The fraction of sp³-hybridized carbons (Fsp3) is 0.875. The second kappa shape index (κ2) is 4.06. The molecule has 0 spiro atoms. The fourth-order valence-corrected chi connectivity index (χ4v) is 4.52. The summed E-state index contributed by atoms with van der Waals surface area (Å²) in [7, 11) is 0. The van der Waals surface area contributed by atoms with Crippen LogP contribution in [0, 0.1) is 11.3 Å². The Morgan fingerprint density at radius 3 is 2.08 bits per heavy atom. The van der Waals surface area contributed by atoms with Gasteiger partial charge in [-0.25, -0.2) is 0 Å². The molecule has 1 aliphatic carbocycles. The van der Waals surface area contributed by atoms with E-state index >= 15 is 0 Å². The van der Waals surface area contributed by atoms with Gasteiger partial charge >= 0.3 is 0 Å². The summed E-state index contributed by atoms with van der Waals surface area (Å²) in [5, 5.41) is 8.53. The van der Waals surface area contributed by atoms with Crippen LogP contribution in [0.1, 0.15) is 26.7 Å². The molecule has 3 nitrogen and oxygen atoms in total. The van der Waals surface area contributed by atoms with Gasteiger partial charge in [-0.1, -0.05) is 0 Å². The molecular weight excluding hydrogens is 205 g/mol. The monoisotopic (exact) mass is 219 g/mol. The SMILES string of the molecule is CCOP(=S)(OCC)C1(C#N)CC1.